The Labute approximate surface area is 138 Å². The van der Waals surface area contributed by atoms with Gasteiger partial charge in [0.05, 0.1) is 19.7 Å². The van der Waals surface area contributed by atoms with E-state index in [4.69, 9.17) is 10.5 Å². The zero-order chi connectivity index (χ0) is 17.8. The van der Waals surface area contributed by atoms with Crippen molar-refractivity contribution in [1.82, 2.24) is 9.80 Å². The molecular weight excluding hydrogens is 314 g/mol. The fourth-order valence-corrected chi connectivity index (χ4v) is 3.73. The Morgan fingerprint density at radius 2 is 1.88 bits per heavy atom. The van der Waals surface area contributed by atoms with Gasteiger partial charge in [0.1, 0.15) is 6.04 Å². The van der Waals surface area contributed by atoms with Crippen LogP contribution in [0.15, 0.2) is 22.5 Å². The van der Waals surface area contributed by atoms with Crippen LogP contribution >= 0.6 is 0 Å². The number of Topliss-reactive ketones (excluding diaryl/α,β-unsaturated/α-hetero) is 2. The largest absolute Gasteiger partial charge is 0.492 e. The van der Waals surface area contributed by atoms with Crippen LogP contribution in [0.5, 0.6) is 0 Å². The van der Waals surface area contributed by atoms with E-state index in [1.807, 2.05) is 0 Å². The summed E-state index contributed by atoms with van der Waals surface area (Å²) in [4.78, 5) is 53.0. The van der Waals surface area contributed by atoms with Crippen LogP contribution in [0.25, 0.3) is 0 Å². The normalized spacial score (nSPS) is 27.7. The second kappa shape index (κ2) is 5.55. The van der Waals surface area contributed by atoms with E-state index in [9.17, 15) is 19.2 Å². The van der Waals surface area contributed by atoms with Gasteiger partial charge in [-0.2, -0.15) is 0 Å². The van der Waals surface area contributed by atoms with E-state index in [1.165, 1.54) is 23.8 Å². The number of ether oxygens (including phenoxy) is 1. The Balaban J connectivity index is 2.15. The summed E-state index contributed by atoms with van der Waals surface area (Å²) in [6.07, 6.45) is 0.0274. The van der Waals surface area contributed by atoms with Crippen molar-refractivity contribution in [2.75, 3.05) is 27.2 Å². The second-order valence-electron chi connectivity index (χ2n) is 6.18. The zero-order valence-electron chi connectivity index (χ0n) is 13.8. The van der Waals surface area contributed by atoms with Gasteiger partial charge in [0.15, 0.2) is 11.5 Å². The third-order valence-corrected chi connectivity index (χ3v) is 4.88. The molecule has 2 amide bonds. The highest BCUT2D eigenvalue weighted by molar-refractivity contribution is 6.25. The Morgan fingerprint density at radius 1 is 1.21 bits per heavy atom. The van der Waals surface area contributed by atoms with Crippen LogP contribution in [0.1, 0.15) is 13.3 Å². The van der Waals surface area contributed by atoms with Crippen LogP contribution in [0.2, 0.25) is 0 Å². The van der Waals surface area contributed by atoms with E-state index >= 15 is 0 Å². The fourth-order valence-electron chi connectivity index (χ4n) is 3.73. The minimum absolute atomic E-state index is 0.0245. The van der Waals surface area contributed by atoms with Crippen molar-refractivity contribution in [2.24, 2.45) is 5.73 Å². The Bertz CT molecular complexity index is 736. The molecule has 1 aliphatic carbocycles. The molecule has 0 aromatic carbocycles. The molecule has 3 rings (SSSR count). The number of rotatable bonds is 2. The summed E-state index contributed by atoms with van der Waals surface area (Å²) < 4.78 is 5.08. The third-order valence-electron chi connectivity index (χ3n) is 4.88. The highest BCUT2D eigenvalue weighted by Gasteiger charge is 2.50. The van der Waals surface area contributed by atoms with Gasteiger partial charge in [-0.1, -0.05) is 0 Å². The van der Waals surface area contributed by atoms with Crippen LogP contribution in [0, 0.1) is 0 Å². The molecule has 8 heteroatoms. The Hall–Kier alpha value is -2.48. The first-order valence-electron chi connectivity index (χ1n) is 7.67. The number of likely N-dealkylation sites (N-methyl/N-ethyl adjacent to an activating group) is 1. The van der Waals surface area contributed by atoms with Crippen molar-refractivity contribution < 1.29 is 23.9 Å². The molecule has 0 unspecified atom stereocenters. The number of amides is 2. The highest BCUT2D eigenvalue weighted by atomic mass is 16.5. The summed E-state index contributed by atoms with van der Waals surface area (Å²) in [6, 6.07) is -1.59. The van der Waals surface area contributed by atoms with E-state index in [-0.39, 0.29) is 59.6 Å². The molecule has 0 aromatic heterocycles. The molecule has 8 nitrogen and oxygen atoms in total. The van der Waals surface area contributed by atoms with Crippen LogP contribution in [0.3, 0.4) is 0 Å². The summed E-state index contributed by atoms with van der Waals surface area (Å²) in [5, 5.41) is 0. The number of carbonyl (C=O) groups is 4. The van der Waals surface area contributed by atoms with Gasteiger partial charge in [-0.25, -0.2) is 0 Å². The zero-order valence-corrected chi connectivity index (χ0v) is 13.8. The quantitative estimate of drug-likeness (QED) is 0.633. The third kappa shape index (κ3) is 2.02. The number of allylic oxidation sites excluding steroid dienone is 2. The molecule has 2 N–H and O–H groups in total. The lowest BCUT2D eigenvalue weighted by Crippen LogP contribution is -2.66. The van der Waals surface area contributed by atoms with Crippen molar-refractivity contribution >= 4 is 23.4 Å². The maximum atomic E-state index is 12.8. The van der Waals surface area contributed by atoms with Gasteiger partial charge in [0.2, 0.25) is 17.6 Å². The van der Waals surface area contributed by atoms with Crippen molar-refractivity contribution in [2.45, 2.75) is 25.4 Å². The number of piperazine rings is 1. The molecule has 1 fully saturated rings. The number of carbonyl (C=O) groups excluding carboxylic acids is 4. The number of fused-ring (bicyclic) bond motifs is 1. The predicted octanol–water partition coefficient (Wildman–Crippen LogP) is -1.24. The SMILES string of the molecule is COC1=C(C)C(=O)C2=C(C1=O)[C@@H](CN)N1C(=O)CN(C)C(=O)[C@@H]1C2. The molecule has 2 atom stereocenters. The van der Waals surface area contributed by atoms with Crippen molar-refractivity contribution in [3.8, 4) is 0 Å². The molecule has 0 bridgehead atoms. The lowest BCUT2D eigenvalue weighted by atomic mass is 9.77. The summed E-state index contributed by atoms with van der Waals surface area (Å²) in [6.45, 7) is 1.41. The standard InChI is InChI=1S/C16H19N3O5/c1-7-13(21)8-4-9-16(23)18(2)6-11(20)19(9)10(5-17)12(8)14(22)15(7)24-3/h9-10H,4-6,17H2,1-3H3/t9-,10+/m0/s1. The van der Waals surface area contributed by atoms with Crippen LogP contribution in [-0.2, 0) is 23.9 Å². The first-order chi connectivity index (χ1) is 11.3. The summed E-state index contributed by atoms with van der Waals surface area (Å²) in [5.74, 6) is -1.32. The summed E-state index contributed by atoms with van der Waals surface area (Å²) in [7, 11) is 2.87. The molecule has 1 saturated heterocycles. The average molecular weight is 333 g/mol. The molecule has 2 heterocycles. The van der Waals surface area contributed by atoms with E-state index in [2.05, 4.69) is 0 Å². The maximum absolute atomic E-state index is 12.8. The summed E-state index contributed by atoms with van der Waals surface area (Å²) in [5.41, 5.74) is 6.49. The monoisotopic (exact) mass is 333 g/mol. The van der Waals surface area contributed by atoms with Crippen molar-refractivity contribution in [1.29, 1.82) is 0 Å². The van der Waals surface area contributed by atoms with E-state index in [0.717, 1.165) is 0 Å². The van der Waals surface area contributed by atoms with Crippen LogP contribution < -0.4 is 5.73 Å². The number of methoxy groups -OCH3 is 1. The van der Waals surface area contributed by atoms with Crippen LogP contribution in [-0.4, -0.2) is 72.5 Å². The van der Waals surface area contributed by atoms with Crippen LogP contribution in [0.4, 0.5) is 0 Å². The van der Waals surface area contributed by atoms with Gasteiger partial charge >= 0.3 is 0 Å². The number of nitrogens with zero attached hydrogens (tertiary/aromatic N) is 2. The number of nitrogens with two attached hydrogens (primary N) is 1. The lowest BCUT2D eigenvalue weighted by Gasteiger charge is -2.47. The first-order valence-corrected chi connectivity index (χ1v) is 7.67. The van der Waals surface area contributed by atoms with E-state index in [1.54, 1.807) is 7.05 Å². The smallest absolute Gasteiger partial charge is 0.245 e. The molecule has 3 aliphatic rings. The van der Waals surface area contributed by atoms with E-state index < -0.39 is 17.9 Å². The van der Waals surface area contributed by atoms with Gasteiger partial charge in [0.25, 0.3) is 0 Å². The van der Waals surface area contributed by atoms with Gasteiger partial charge in [-0.3, -0.25) is 19.2 Å². The molecule has 24 heavy (non-hydrogen) atoms. The Morgan fingerprint density at radius 3 is 2.46 bits per heavy atom. The molecule has 0 spiro atoms. The number of hydrogen-bond acceptors (Lipinski definition) is 6. The maximum Gasteiger partial charge on any atom is 0.245 e. The first kappa shape index (κ1) is 16.4. The van der Waals surface area contributed by atoms with Gasteiger partial charge in [0, 0.05) is 36.7 Å². The van der Waals surface area contributed by atoms with Gasteiger partial charge in [-0.05, 0) is 6.92 Å². The molecule has 0 aromatic rings. The number of hydrogen-bond donors (Lipinski definition) is 1. The van der Waals surface area contributed by atoms with Crippen molar-refractivity contribution in [3.05, 3.63) is 22.5 Å². The fraction of sp³-hybridized carbons (Fsp3) is 0.500. The molecule has 0 radical (unpaired) electrons. The molecular formula is C16H19N3O5. The highest BCUT2D eigenvalue weighted by Crippen LogP contribution is 2.38. The molecule has 2 aliphatic heterocycles. The van der Waals surface area contributed by atoms with Crippen molar-refractivity contribution in [3.63, 3.8) is 0 Å². The van der Waals surface area contributed by atoms with Gasteiger partial charge in [-0.15, -0.1) is 0 Å². The minimum atomic E-state index is -0.794. The topological polar surface area (TPSA) is 110 Å². The molecule has 0 saturated carbocycles. The molecule has 128 valence electrons. The minimum Gasteiger partial charge on any atom is -0.492 e. The average Bonchev–Trinajstić information content (AvgIpc) is 2.56. The Kier molecular flexibility index (Phi) is 3.79. The number of ketones is 2. The van der Waals surface area contributed by atoms with E-state index in [0.29, 0.717) is 0 Å². The van der Waals surface area contributed by atoms with Gasteiger partial charge < -0.3 is 20.3 Å². The predicted molar refractivity (Wildman–Crippen MR) is 82.5 cm³/mol. The summed E-state index contributed by atoms with van der Waals surface area (Å²) >= 11 is 0. The lowest BCUT2D eigenvalue weighted by molar-refractivity contribution is -0.157. The second-order valence-corrected chi connectivity index (χ2v) is 6.18.